The molecule has 23 heavy (non-hydrogen) atoms. The van der Waals surface area contributed by atoms with E-state index in [1.54, 1.807) is 38.5 Å². The van der Waals surface area contributed by atoms with Gasteiger partial charge in [0.1, 0.15) is 0 Å². The lowest BCUT2D eigenvalue weighted by Crippen LogP contribution is -2.09. The minimum absolute atomic E-state index is 0.963. The van der Waals surface area contributed by atoms with Crippen molar-refractivity contribution in [1.82, 2.24) is 0 Å². The van der Waals surface area contributed by atoms with Gasteiger partial charge >= 0.3 is 0 Å². The second-order valence-corrected chi connectivity index (χ2v) is 8.62. The van der Waals surface area contributed by atoms with Gasteiger partial charge in [0.05, 0.1) is 0 Å². The molecule has 2 aliphatic rings. The molecular formula is C23H46. The van der Waals surface area contributed by atoms with Gasteiger partial charge < -0.3 is 0 Å². The molecule has 0 radical (unpaired) electrons. The summed E-state index contributed by atoms with van der Waals surface area (Å²) in [5.41, 5.74) is 0. The molecule has 0 amide bonds. The number of hydrogen-bond donors (Lipinski definition) is 0. The molecule has 0 N–H and O–H groups in total. The van der Waals surface area contributed by atoms with Crippen LogP contribution in [-0.4, -0.2) is 0 Å². The predicted octanol–water partition coefficient (Wildman–Crippen LogP) is 8.54. The van der Waals surface area contributed by atoms with Crippen LogP contribution >= 0.6 is 0 Å². The highest BCUT2D eigenvalue weighted by Crippen LogP contribution is 2.32. The first kappa shape index (κ1) is 21.0. The molecular weight excluding hydrogens is 276 g/mol. The van der Waals surface area contributed by atoms with E-state index in [1.807, 2.05) is 0 Å². The van der Waals surface area contributed by atoms with Crippen LogP contribution < -0.4 is 0 Å². The summed E-state index contributed by atoms with van der Waals surface area (Å²) in [6.45, 7) is 6.85. The smallest absolute Gasteiger partial charge is 0.0414 e. The van der Waals surface area contributed by atoms with E-state index >= 15 is 0 Å². The Morgan fingerprint density at radius 1 is 0.609 bits per heavy atom. The van der Waals surface area contributed by atoms with Crippen molar-refractivity contribution in [3.63, 3.8) is 0 Å². The van der Waals surface area contributed by atoms with Gasteiger partial charge in [-0.05, 0) is 17.8 Å². The SMILES string of the molecule is C1CCCC(CCC2CCCCC2)CC1.CCCC(C)CCC. The van der Waals surface area contributed by atoms with Crippen molar-refractivity contribution in [2.45, 2.75) is 130 Å². The Kier molecular flexibility index (Phi) is 13.1. The van der Waals surface area contributed by atoms with Crippen LogP contribution in [0.4, 0.5) is 0 Å². The summed E-state index contributed by atoms with van der Waals surface area (Å²) in [6, 6.07) is 0. The standard InChI is InChI=1S/C15H28.C8H18/c1-2-5-9-14(8-4-1)12-13-15-10-6-3-7-11-15;1-4-6-8(3)7-5-2/h14-15H,1-13H2;8H,4-7H2,1-3H3. The average molecular weight is 323 g/mol. The summed E-state index contributed by atoms with van der Waals surface area (Å²) in [5.74, 6) is 3.18. The van der Waals surface area contributed by atoms with Gasteiger partial charge in [-0.1, -0.05) is 130 Å². The van der Waals surface area contributed by atoms with E-state index in [2.05, 4.69) is 20.8 Å². The molecule has 0 heteroatoms. The van der Waals surface area contributed by atoms with Gasteiger partial charge in [0.15, 0.2) is 0 Å². The maximum absolute atomic E-state index is 2.34. The lowest BCUT2D eigenvalue weighted by Gasteiger charge is -2.23. The topological polar surface area (TPSA) is 0 Å². The van der Waals surface area contributed by atoms with Crippen LogP contribution in [0.15, 0.2) is 0 Å². The highest BCUT2D eigenvalue weighted by atomic mass is 14.2. The second kappa shape index (κ2) is 14.4. The van der Waals surface area contributed by atoms with E-state index in [-0.39, 0.29) is 0 Å². The van der Waals surface area contributed by atoms with Crippen LogP contribution in [-0.2, 0) is 0 Å². The van der Waals surface area contributed by atoms with Crippen molar-refractivity contribution >= 4 is 0 Å². The Labute approximate surface area is 148 Å². The van der Waals surface area contributed by atoms with Gasteiger partial charge in [-0.15, -0.1) is 0 Å². The van der Waals surface area contributed by atoms with Crippen molar-refractivity contribution in [1.29, 1.82) is 0 Å². The normalized spacial score (nSPS) is 20.9. The second-order valence-electron chi connectivity index (χ2n) is 8.62. The van der Waals surface area contributed by atoms with Crippen molar-refractivity contribution in [3.05, 3.63) is 0 Å². The summed E-state index contributed by atoms with van der Waals surface area (Å²) in [6.07, 6.45) is 25.5. The fourth-order valence-corrected chi connectivity index (χ4v) is 4.73. The quantitative estimate of drug-likeness (QED) is 0.412. The molecule has 2 saturated carbocycles. The first-order valence-corrected chi connectivity index (χ1v) is 11.3. The summed E-state index contributed by atoms with van der Waals surface area (Å²) >= 11 is 0. The number of hydrogen-bond acceptors (Lipinski definition) is 0. The highest BCUT2D eigenvalue weighted by Gasteiger charge is 2.17. The largest absolute Gasteiger partial charge is 0.0654 e. The van der Waals surface area contributed by atoms with E-state index in [1.165, 1.54) is 70.6 Å². The third-order valence-electron chi connectivity index (χ3n) is 6.25. The van der Waals surface area contributed by atoms with Crippen molar-refractivity contribution in [2.24, 2.45) is 17.8 Å². The molecule has 0 aromatic heterocycles. The predicted molar refractivity (Wildman–Crippen MR) is 106 cm³/mol. The van der Waals surface area contributed by atoms with Gasteiger partial charge in [0.25, 0.3) is 0 Å². The molecule has 138 valence electrons. The molecule has 0 aliphatic heterocycles. The first-order valence-electron chi connectivity index (χ1n) is 11.3. The van der Waals surface area contributed by atoms with Crippen molar-refractivity contribution in [3.8, 4) is 0 Å². The zero-order valence-electron chi connectivity index (χ0n) is 16.8. The summed E-state index contributed by atoms with van der Waals surface area (Å²) in [4.78, 5) is 0. The molecule has 0 saturated heterocycles. The summed E-state index contributed by atoms with van der Waals surface area (Å²) < 4.78 is 0. The summed E-state index contributed by atoms with van der Waals surface area (Å²) in [7, 11) is 0. The Morgan fingerprint density at radius 3 is 1.30 bits per heavy atom. The van der Waals surface area contributed by atoms with E-state index in [0.717, 1.165) is 17.8 Å². The Balaban J connectivity index is 0.000000284. The van der Waals surface area contributed by atoms with Crippen LogP contribution in [0.25, 0.3) is 0 Å². The first-order chi connectivity index (χ1) is 11.3. The van der Waals surface area contributed by atoms with E-state index in [4.69, 9.17) is 0 Å². The van der Waals surface area contributed by atoms with Crippen LogP contribution in [0.5, 0.6) is 0 Å². The molecule has 0 bridgehead atoms. The molecule has 0 spiro atoms. The minimum Gasteiger partial charge on any atom is -0.0654 e. The monoisotopic (exact) mass is 322 g/mol. The zero-order valence-corrected chi connectivity index (χ0v) is 16.8. The molecule has 0 aromatic carbocycles. The maximum Gasteiger partial charge on any atom is -0.0414 e. The van der Waals surface area contributed by atoms with Gasteiger partial charge in [-0.2, -0.15) is 0 Å². The van der Waals surface area contributed by atoms with E-state index < -0.39 is 0 Å². The van der Waals surface area contributed by atoms with Crippen molar-refractivity contribution in [2.75, 3.05) is 0 Å². The molecule has 0 aromatic rings. The van der Waals surface area contributed by atoms with Crippen LogP contribution in [0.2, 0.25) is 0 Å². The lowest BCUT2D eigenvalue weighted by molar-refractivity contribution is 0.297. The molecule has 0 heterocycles. The van der Waals surface area contributed by atoms with Gasteiger partial charge in [-0.3, -0.25) is 0 Å². The van der Waals surface area contributed by atoms with Crippen LogP contribution in [0.1, 0.15) is 130 Å². The molecule has 2 rings (SSSR count). The third kappa shape index (κ3) is 11.2. The fourth-order valence-electron chi connectivity index (χ4n) is 4.73. The molecule has 2 aliphatic carbocycles. The maximum atomic E-state index is 2.34. The minimum atomic E-state index is 0.963. The molecule has 2 fully saturated rings. The van der Waals surface area contributed by atoms with E-state index in [9.17, 15) is 0 Å². The Morgan fingerprint density at radius 2 is 0.957 bits per heavy atom. The summed E-state index contributed by atoms with van der Waals surface area (Å²) in [5, 5.41) is 0. The van der Waals surface area contributed by atoms with Gasteiger partial charge in [0.2, 0.25) is 0 Å². The Hall–Kier alpha value is 0. The number of rotatable bonds is 7. The van der Waals surface area contributed by atoms with Crippen LogP contribution in [0.3, 0.4) is 0 Å². The van der Waals surface area contributed by atoms with Crippen LogP contribution in [0, 0.1) is 17.8 Å². The lowest BCUT2D eigenvalue weighted by atomic mass is 9.83. The van der Waals surface area contributed by atoms with Gasteiger partial charge in [0, 0.05) is 0 Å². The average Bonchev–Trinajstić information content (AvgIpc) is 2.84. The third-order valence-corrected chi connectivity index (χ3v) is 6.25. The van der Waals surface area contributed by atoms with Gasteiger partial charge in [-0.25, -0.2) is 0 Å². The molecule has 0 unspecified atom stereocenters. The highest BCUT2D eigenvalue weighted by molar-refractivity contribution is 4.70. The Bertz CT molecular complexity index is 224. The van der Waals surface area contributed by atoms with E-state index in [0.29, 0.717) is 0 Å². The van der Waals surface area contributed by atoms with Crippen molar-refractivity contribution < 1.29 is 0 Å². The molecule has 0 atom stereocenters. The fraction of sp³-hybridized carbons (Fsp3) is 1.00. The zero-order chi connectivity index (χ0) is 16.8. The molecule has 0 nitrogen and oxygen atoms in total.